The van der Waals surface area contributed by atoms with Crippen molar-refractivity contribution in [2.75, 3.05) is 30.8 Å². The third-order valence-electron chi connectivity index (χ3n) is 3.10. The highest BCUT2D eigenvalue weighted by molar-refractivity contribution is 7.92. The number of hydrogen-bond acceptors (Lipinski definition) is 4. The predicted molar refractivity (Wildman–Crippen MR) is 87.3 cm³/mol. The summed E-state index contributed by atoms with van der Waals surface area (Å²) in [6.45, 7) is 2.38. The van der Waals surface area contributed by atoms with Gasteiger partial charge in [0.15, 0.2) is 0 Å². The van der Waals surface area contributed by atoms with Crippen LogP contribution < -0.4 is 9.62 Å². The highest BCUT2D eigenvalue weighted by Crippen LogP contribution is 2.18. The molecule has 1 rings (SSSR count). The zero-order valence-corrected chi connectivity index (χ0v) is 14.4. The molecule has 0 aliphatic rings. The summed E-state index contributed by atoms with van der Waals surface area (Å²) < 4.78 is 42.8. The van der Waals surface area contributed by atoms with Crippen LogP contribution in [-0.4, -0.2) is 46.9 Å². The maximum atomic E-state index is 13.0. The van der Waals surface area contributed by atoms with Crippen molar-refractivity contribution in [2.24, 2.45) is 0 Å². The maximum absolute atomic E-state index is 13.0. The van der Waals surface area contributed by atoms with Gasteiger partial charge in [0.05, 0.1) is 18.6 Å². The van der Waals surface area contributed by atoms with Gasteiger partial charge in [-0.15, -0.1) is 0 Å². The number of benzene rings is 1. The number of anilines is 1. The Morgan fingerprint density at radius 1 is 1.35 bits per heavy atom. The van der Waals surface area contributed by atoms with Crippen molar-refractivity contribution in [3.8, 4) is 0 Å². The van der Waals surface area contributed by atoms with Crippen LogP contribution in [0.4, 0.5) is 10.1 Å². The molecule has 0 fully saturated rings. The average molecular weight is 346 g/mol. The topological polar surface area (TPSA) is 75.7 Å². The molecule has 1 aromatic rings. The Labute approximate surface area is 136 Å². The first kappa shape index (κ1) is 19.4. The molecule has 1 amide bonds. The summed E-state index contributed by atoms with van der Waals surface area (Å²) in [6, 6.07) is 5.10. The Morgan fingerprint density at radius 3 is 2.48 bits per heavy atom. The van der Waals surface area contributed by atoms with Crippen LogP contribution in [0.2, 0.25) is 0 Å². The molecule has 1 aromatic carbocycles. The third-order valence-corrected chi connectivity index (χ3v) is 4.30. The van der Waals surface area contributed by atoms with E-state index in [0.29, 0.717) is 18.7 Å². The minimum absolute atomic E-state index is 0.101. The lowest BCUT2D eigenvalue weighted by Gasteiger charge is -2.22. The van der Waals surface area contributed by atoms with E-state index in [-0.39, 0.29) is 24.9 Å². The van der Waals surface area contributed by atoms with Gasteiger partial charge >= 0.3 is 0 Å². The van der Waals surface area contributed by atoms with Crippen LogP contribution in [-0.2, 0) is 19.6 Å². The third kappa shape index (κ3) is 6.96. The molecule has 0 heterocycles. The molecule has 0 aliphatic carbocycles. The summed E-state index contributed by atoms with van der Waals surface area (Å²) in [4.78, 5) is 11.8. The van der Waals surface area contributed by atoms with Gasteiger partial charge in [-0.2, -0.15) is 0 Å². The molecule has 0 aliphatic heterocycles. The van der Waals surface area contributed by atoms with Crippen LogP contribution in [0.5, 0.6) is 0 Å². The van der Waals surface area contributed by atoms with Gasteiger partial charge in [-0.3, -0.25) is 9.10 Å². The number of nitrogens with zero attached hydrogens (tertiary/aromatic N) is 1. The lowest BCUT2D eigenvalue weighted by atomic mass is 10.2. The van der Waals surface area contributed by atoms with Gasteiger partial charge in [-0.25, -0.2) is 12.8 Å². The van der Waals surface area contributed by atoms with Crippen molar-refractivity contribution in [1.29, 1.82) is 0 Å². The lowest BCUT2D eigenvalue weighted by molar-refractivity contribution is -0.122. The van der Waals surface area contributed by atoms with E-state index in [9.17, 15) is 17.6 Å². The van der Waals surface area contributed by atoms with Crippen LogP contribution in [0, 0.1) is 5.82 Å². The van der Waals surface area contributed by atoms with Crippen LogP contribution in [0.25, 0.3) is 0 Å². The molecule has 0 radical (unpaired) electrons. The second-order valence-electron chi connectivity index (χ2n) is 5.34. The fraction of sp³-hybridized carbons (Fsp3) is 0.533. The van der Waals surface area contributed by atoms with Crippen molar-refractivity contribution in [1.82, 2.24) is 5.32 Å². The molecule has 23 heavy (non-hydrogen) atoms. The SMILES string of the molecule is COC[C@@H](C)NC(=O)CCCN(c1ccc(F)cc1)S(C)(=O)=O. The standard InChI is InChI=1S/C15H23FN2O4S/c1-12(11-22-2)17-15(19)5-4-10-18(23(3,20)21)14-8-6-13(16)7-9-14/h6-9,12H,4-5,10-11H2,1-3H3,(H,17,19)/t12-/m1/s1. The highest BCUT2D eigenvalue weighted by Gasteiger charge is 2.17. The predicted octanol–water partition coefficient (Wildman–Crippen LogP) is 1.52. The molecule has 1 atom stereocenters. The van der Waals surface area contributed by atoms with Gasteiger partial charge in [0.1, 0.15) is 5.82 Å². The van der Waals surface area contributed by atoms with E-state index in [4.69, 9.17) is 4.74 Å². The second kappa shape index (κ2) is 8.83. The van der Waals surface area contributed by atoms with Gasteiger partial charge in [-0.05, 0) is 37.6 Å². The normalized spacial score (nSPS) is 12.7. The number of halogens is 1. The van der Waals surface area contributed by atoms with Gasteiger partial charge in [0.2, 0.25) is 15.9 Å². The summed E-state index contributed by atoms with van der Waals surface area (Å²) in [5, 5.41) is 2.76. The summed E-state index contributed by atoms with van der Waals surface area (Å²) in [5.41, 5.74) is 0.377. The Hall–Kier alpha value is -1.67. The first-order valence-corrected chi connectivity index (χ1v) is 9.10. The fourth-order valence-electron chi connectivity index (χ4n) is 2.12. The molecule has 0 bridgehead atoms. The first-order valence-electron chi connectivity index (χ1n) is 7.25. The minimum Gasteiger partial charge on any atom is -0.383 e. The Kier molecular flexibility index (Phi) is 7.44. The number of carbonyl (C=O) groups is 1. The summed E-state index contributed by atoms with van der Waals surface area (Å²) in [7, 11) is -1.95. The van der Waals surface area contributed by atoms with Gasteiger partial charge in [-0.1, -0.05) is 0 Å². The first-order chi connectivity index (χ1) is 10.7. The van der Waals surface area contributed by atoms with Crippen LogP contribution >= 0.6 is 0 Å². The van der Waals surface area contributed by atoms with Gasteiger partial charge in [0, 0.05) is 26.1 Å². The molecule has 0 saturated carbocycles. The fourth-order valence-corrected chi connectivity index (χ4v) is 3.08. The van der Waals surface area contributed by atoms with Crippen molar-refractivity contribution >= 4 is 21.6 Å². The molecule has 8 heteroatoms. The van der Waals surface area contributed by atoms with E-state index >= 15 is 0 Å². The molecule has 0 unspecified atom stereocenters. The summed E-state index contributed by atoms with van der Waals surface area (Å²) >= 11 is 0. The van der Waals surface area contributed by atoms with E-state index in [1.807, 2.05) is 6.92 Å². The second-order valence-corrected chi connectivity index (χ2v) is 7.25. The summed E-state index contributed by atoms with van der Waals surface area (Å²) in [5.74, 6) is -0.601. The van der Waals surface area contributed by atoms with Crippen LogP contribution in [0.3, 0.4) is 0 Å². The smallest absolute Gasteiger partial charge is 0.232 e. The van der Waals surface area contributed by atoms with Crippen molar-refractivity contribution in [3.05, 3.63) is 30.1 Å². The number of nitrogens with one attached hydrogen (secondary N) is 1. The molecule has 1 N–H and O–H groups in total. The lowest BCUT2D eigenvalue weighted by Crippen LogP contribution is -2.36. The Balaban J connectivity index is 2.60. The average Bonchev–Trinajstić information content (AvgIpc) is 2.44. The van der Waals surface area contributed by atoms with Gasteiger partial charge < -0.3 is 10.1 Å². The zero-order valence-electron chi connectivity index (χ0n) is 13.6. The van der Waals surface area contributed by atoms with E-state index in [1.165, 1.54) is 24.3 Å². The number of methoxy groups -OCH3 is 1. The maximum Gasteiger partial charge on any atom is 0.232 e. The molecular formula is C15H23FN2O4S. The molecule has 130 valence electrons. The van der Waals surface area contributed by atoms with Crippen molar-refractivity contribution in [3.63, 3.8) is 0 Å². The molecule has 0 aromatic heterocycles. The summed E-state index contributed by atoms with van der Waals surface area (Å²) in [6.07, 6.45) is 1.63. The number of hydrogen-bond donors (Lipinski definition) is 1. The molecule has 0 saturated heterocycles. The monoisotopic (exact) mass is 346 g/mol. The van der Waals surface area contributed by atoms with E-state index in [1.54, 1.807) is 7.11 Å². The number of sulfonamides is 1. The molecule has 0 spiro atoms. The molecule has 6 nitrogen and oxygen atoms in total. The Bertz CT molecular complexity index is 604. The number of carbonyl (C=O) groups excluding carboxylic acids is 1. The van der Waals surface area contributed by atoms with Crippen LogP contribution in [0.15, 0.2) is 24.3 Å². The number of rotatable bonds is 9. The van der Waals surface area contributed by atoms with E-state index < -0.39 is 15.8 Å². The van der Waals surface area contributed by atoms with Crippen molar-refractivity contribution < 1.29 is 22.3 Å². The number of amides is 1. The minimum atomic E-state index is -3.50. The van der Waals surface area contributed by atoms with Crippen LogP contribution in [0.1, 0.15) is 19.8 Å². The zero-order chi connectivity index (χ0) is 17.5. The largest absolute Gasteiger partial charge is 0.383 e. The Morgan fingerprint density at radius 2 is 1.96 bits per heavy atom. The van der Waals surface area contributed by atoms with Crippen molar-refractivity contribution in [2.45, 2.75) is 25.8 Å². The number of ether oxygens (including phenoxy) is 1. The van der Waals surface area contributed by atoms with E-state index in [0.717, 1.165) is 10.6 Å². The molecular weight excluding hydrogens is 323 g/mol. The quantitative estimate of drug-likeness (QED) is 0.736. The van der Waals surface area contributed by atoms with Gasteiger partial charge in [0.25, 0.3) is 0 Å². The highest BCUT2D eigenvalue weighted by atomic mass is 32.2. The van der Waals surface area contributed by atoms with E-state index in [2.05, 4.69) is 5.32 Å².